The molecule has 3 aromatic rings. The lowest BCUT2D eigenvalue weighted by Crippen LogP contribution is -2.50. The van der Waals surface area contributed by atoms with Gasteiger partial charge in [-0.05, 0) is 31.5 Å². The number of hydrogen-bond donors (Lipinski definition) is 0. The lowest BCUT2D eigenvalue weighted by atomic mass is 10.1. The average Bonchev–Trinajstić information content (AvgIpc) is 3.43. The molecule has 150 valence electrons. The van der Waals surface area contributed by atoms with Crippen LogP contribution in [0.3, 0.4) is 0 Å². The number of carbonyl (C=O) groups is 2. The molecule has 1 aliphatic heterocycles. The summed E-state index contributed by atoms with van der Waals surface area (Å²) in [5, 5.41) is 4.47. The second kappa shape index (κ2) is 7.95. The Bertz CT molecular complexity index is 997. The minimum Gasteiger partial charge on any atom is -0.472 e. The van der Waals surface area contributed by atoms with E-state index in [1.165, 1.54) is 18.1 Å². The third-order valence-corrected chi connectivity index (χ3v) is 5.33. The van der Waals surface area contributed by atoms with E-state index in [-0.39, 0.29) is 11.8 Å². The summed E-state index contributed by atoms with van der Waals surface area (Å²) in [6.07, 6.45) is 5.30. The van der Waals surface area contributed by atoms with Crippen LogP contribution in [0.15, 0.2) is 53.5 Å². The zero-order chi connectivity index (χ0) is 20.4. The monoisotopic (exact) mass is 392 g/mol. The van der Waals surface area contributed by atoms with Crippen molar-refractivity contribution in [2.45, 2.75) is 20.3 Å². The summed E-state index contributed by atoms with van der Waals surface area (Å²) >= 11 is 0. The standard InChI is InChI=1S/C22H24N4O3/c1-3-20-19(14-23-26(20)18-6-4-16(2)5-7-18)22(28)25-11-9-24(10-12-25)21(27)17-8-13-29-15-17/h4-8,13-15H,3,9-12H2,1-2H3. The van der Waals surface area contributed by atoms with Crippen LogP contribution in [-0.4, -0.2) is 57.6 Å². The van der Waals surface area contributed by atoms with Crippen molar-refractivity contribution in [1.29, 1.82) is 0 Å². The molecule has 0 N–H and O–H groups in total. The molecule has 29 heavy (non-hydrogen) atoms. The minimum absolute atomic E-state index is 0.0318. The number of furan rings is 1. The molecule has 0 saturated carbocycles. The van der Waals surface area contributed by atoms with Gasteiger partial charge < -0.3 is 14.2 Å². The molecule has 1 fully saturated rings. The predicted molar refractivity (Wildman–Crippen MR) is 108 cm³/mol. The summed E-state index contributed by atoms with van der Waals surface area (Å²) in [7, 11) is 0. The summed E-state index contributed by atoms with van der Waals surface area (Å²) in [5.74, 6) is -0.0945. The number of hydrogen-bond acceptors (Lipinski definition) is 4. The molecule has 0 atom stereocenters. The second-order valence-electron chi connectivity index (χ2n) is 7.20. The molecule has 2 amide bonds. The molecule has 1 aliphatic rings. The number of nitrogens with zero attached hydrogens (tertiary/aromatic N) is 4. The van der Waals surface area contributed by atoms with Gasteiger partial charge in [0.05, 0.1) is 35.0 Å². The molecule has 4 rings (SSSR count). The first-order valence-corrected chi connectivity index (χ1v) is 9.83. The Morgan fingerprint density at radius 1 is 1.00 bits per heavy atom. The quantitative estimate of drug-likeness (QED) is 0.684. The average molecular weight is 392 g/mol. The van der Waals surface area contributed by atoms with Crippen molar-refractivity contribution in [2.75, 3.05) is 26.2 Å². The van der Waals surface area contributed by atoms with E-state index in [0.717, 1.165) is 11.4 Å². The third kappa shape index (κ3) is 3.68. The van der Waals surface area contributed by atoms with Gasteiger partial charge in [-0.3, -0.25) is 9.59 Å². The van der Waals surface area contributed by atoms with E-state index in [9.17, 15) is 9.59 Å². The van der Waals surface area contributed by atoms with Gasteiger partial charge in [0.15, 0.2) is 0 Å². The third-order valence-electron chi connectivity index (χ3n) is 5.33. The van der Waals surface area contributed by atoms with Crippen molar-refractivity contribution in [3.63, 3.8) is 0 Å². The molecule has 0 bridgehead atoms. The van der Waals surface area contributed by atoms with E-state index in [0.29, 0.717) is 43.7 Å². The second-order valence-corrected chi connectivity index (χ2v) is 7.20. The molecular formula is C22H24N4O3. The fourth-order valence-corrected chi connectivity index (χ4v) is 3.65. The lowest BCUT2D eigenvalue weighted by Gasteiger charge is -2.34. The van der Waals surface area contributed by atoms with E-state index in [4.69, 9.17) is 4.42 Å². The maximum Gasteiger partial charge on any atom is 0.257 e. The van der Waals surface area contributed by atoms with Gasteiger partial charge >= 0.3 is 0 Å². The van der Waals surface area contributed by atoms with Crippen LogP contribution in [0, 0.1) is 6.92 Å². The van der Waals surface area contributed by atoms with E-state index < -0.39 is 0 Å². The van der Waals surface area contributed by atoms with Crippen molar-refractivity contribution < 1.29 is 14.0 Å². The van der Waals surface area contributed by atoms with Gasteiger partial charge in [0.25, 0.3) is 11.8 Å². The highest BCUT2D eigenvalue weighted by Crippen LogP contribution is 2.19. The van der Waals surface area contributed by atoms with Crippen LogP contribution in [0.25, 0.3) is 5.69 Å². The van der Waals surface area contributed by atoms with Crippen LogP contribution in [0.2, 0.25) is 0 Å². The van der Waals surface area contributed by atoms with E-state index in [2.05, 4.69) is 5.10 Å². The Morgan fingerprint density at radius 2 is 1.66 bits per heavy atom. The zero-order valence-corrected chi connectivity index (χ0v) is 16.7. The highest BCUT2D eigenvalue weighted by molar-refractivity contribution is 5.96. The predicted octanol–water partition coefficient (Wildman–Crippen LogP) is 2.93. The topological polar surface area (TPSA) is 71.6 Å². The van der Waals surface area contributed by atoms with Crippen LogP contribution >= 0.6 is 0 Å². The Labute approximate surface area is 169 Å². The zero-order valence-electron chi connectivity index (χ0n) is 16.7. The van der Waals surface area contributed by atoms with Crippen molar-refractivity contribution in [3.8, 4) is 5.69 Å². The Kier molecular flexibility index (Phi) is 5.20. The van der Waals surface area contributed by atoms with Crippen molar-refractivity contribution in [2.24, 2.45) is 0 Å². The van der Waals surface area contributed by atoms with Gasteiger partial charge in [0, 0.05) is 26.2 Å². The smallest absolute Gasteiger partial charge is 0.257 e. The van der Waals surface area contributed by atoms with Crippen molar-refractivity contribution in [1.82, 2.24) is 19.6 Å². The lowest BCUT2D eigenvalue weighted by molar-refractivity contribution is 0.0534. The Morgan fingerprint density at radius 3 is 2.24 bits per heavy atom. The number of carbonyl (C=O) groups excluding carboxylic acids is 2. The summed E-state index contributed by atoms with van der Waals surface area (Å²) in [5.41, 5.74) is 4.19. The number of aryl methyl sites for hydroxylation is 1. The first-order chi connectivity index (χ1) is 14.1. The normalized spacial score (nSPS) is 14.3. The highest BCUT2D eigenvalue weighted by Gasteiger charge is 2.28. The fourth-order valence-electron chi connectivity index (χ4n) is 3.65. The Hall–Kier alpha value is -3.35. The van der Waals surface area contributed by atoms with Gasteiger partial charge in [-0.15, -0.1) is 0 Å². The van der Waals surface area contributed by atoms with Crippen LogP contribution < -0.4 is 0 Å². The molecule has 1 saturated heterocycles. The first-order valence-electron chi connectivity index (χ1n) is 9.83. The maximum atomic E-state index is 13.1. The molecule has 7 heteroatoms. The molecular weight excluding hydrogens is 368 g/mol. The number of piperazine rings is 1. The van der Waals surface area contributed by atoms with Gasteiger partial charge in [-0.1, -0.05) is 24.6 Å². The largest absolute Gasteiger partial charge is 0.472 e. The molecule has 7 nitrogen and oxygen atoms in total. The van der Waals surface area contributed by atoms with Crippen molar-refractivity contribution >= 4 is 11.8 Å². The van der Waals surface area contributed by atoms with Crippen LogP contribution in [-0.2, 0) is 6.42 Å². The molecule has 3 heterocycles. The minimum atomic E-state index is -0.0627. The number of aromatic nitrogens is 2. The van der Waals surface area contributed by atoms with Gasteiger partial charge in [0.1, 0.15) is 6.26 Å². The van der Waals surface area contributed by atoms with E-state index >= 15 is 0 Å². The van der Waals surface area contributed by atoms with Crippen LogP contribution in [0.4, 0.5) is 0 Å². The fraction of sp³-hybridized carbons (Fsp3) is 0.318. The van der Waals surface area contributed by atoms with Gasteiger partial charge in [-0.2, -0.15) is 5.10 Å². The maximum absolute atomic E-state index is 13.1. The molecule has 0 unspecified atom stereocenters. The number of rotatable bonds is 4. The first kappa shape index (κ1) is 19.0. The summed E-state index contributed by atoms with van der Waals surface area (Å²) in [6, 6.07) is 9.75. The molecule has 0 aliphatic carbocycles. The Balaban J connectivity index is 1.48. The molecule has 0 radical (unpaired) electrons. The highest BCUT2D eigenvalue weighted by atomic mass is 16.3. The van der Waals surface area contributed by atoms with Crippen LogP contribution in [0.5, 0.6) is 0 Å². The van der Waals surface area contributed by atoms with Crippen molar-refractivity contribution in [3.05, 3.63) is 71.4 Å². The van der Waals surface area contributed by atoms with E-state index in [1.54, 1.807) is 22.1 Å². The summed E-state index contributed by atoms with van der Waals surface area (Å²) in [4.78, 5) is 29.1. The molecule has 1 aromatic carbocycles. The summed E-state index contributed by atoms with van der Waals surface area (Å²) < 4.78 is 6.83. The SMILES string of the molecule is CCc1c(C(=O)N2CCN(C(=O)c3ccoc3)CC2)cnn1-c1ccc(C)cc1. The van der Waals surface area contributed by atoms with Crippen LogP contribution in [0.1, 0.15) is 38.9 Å². The van der Waals surface area contributed by atoms with Gasteiger partial charge in [0.2, 0.25) is 0 Å². The molecule has 0 spiro atoms. The summed E-state index contributed by atoms with van der Waals surface area (Å²) in [6.45, 7) is 6.08. The number of benzene rings is 1. The van der Waals surface area contributed by atoms with E-state index in [1.807, 2.05) is 42.8 Å². The molecule has 2 aromatic heterocycles. The van der Waals surface area contributed by atoms with Gasteiger partial charge in [-0.25, -0.2) is 4.68 Å². The number of amides is 2.